The van der Waals surface area contributed by atoms with Crippen LogP contribution in [0.2, 0.25) is 0 Å². The normalized spacial score (nSPS) is 23.5. The quantitative estimate of drug-likeness (QED) is 0.669. The Hall–Kier alpha value is -0.860. The molecule has 2 heteroatoms. The molecule has 0 amide bonds. The Morgan fingerprint density at radius 2 is 1.86 bits per heavy atom. The maximum Gasteiger partial charge on any atom is 0.197 e. The Bertz CT molecular complexity index is 329. The van der Waals surface area contributed by atoms with Gasteiger partial charge in [-0.1, -0.05) is 31.2 Å². The van der Waals surface area contributed by atoms with Gasteiger partial charge >= 0.3 is 0 Å². The summed E-state index contributed by atoms with van der Waals surface area (Å²) in [6.45, 7) is 2.16. The van der Waals surface area contributed by atoms with E-state index in [1.54, 1.807) is 14.2 Å². The predicted octanol–water partition coefficient (Wildman–Crippen LogP) is 2.32. The third-order valence-electron chi connectivity index (χ3n) is 3.17. The van der Waals surface area contributed by atoms with Gasteiger partial charge in [-0.15, -0.1) is 0 Å². The molecular weight excluding hydrogens is 176 g/mol. The van der Waals surface area contributed by atoms with E-state index in [0.29, 0.717) is 5.92 Å². The zero-order valence-electron chi connectivity index (χ0n) is 8.91. The van der Waals surface area contributed by atoms with Crippen LogP contribution in [0, 0.1) is 5.92 Å². The number of hydrogen-bond acceptors (Lipinski definition) is 2. The lowest BCUT2D eigenvalue weighted by atomic mass is 10.0. The Labute approximate surface area is 84.8 Å². The second-order valence-electron chi connectivity index (χ2n) is 3.84. The summed E-state index contributed by atoms with van der Waals surface area (Å²) in [6, 6.07) is 8.33. The molecule has 1 aromatic rings. The van der Waals surface area contributed by atoms with E-state index in [0.717, 1.165) is 6.42 Å². The van der Waals surface area contributed by atoms with E-state index in [9.17, 15) is 0 Å². The van der Waals surface area contributed by atoms with Crippen LogP contribution in [0.25, 0.3) is 0 Å². The first-order valence-corrected chi connectivity index (χ1v) is 4.93. The third kappa shape index (κ3) is 1.11. The maximum atomic E-state index is 5.56. The van der Waals surface area contributed by atoms with Crippen molar-refractivity contribution >= 4 is 0 Å². The fourth-order valence-electron chi connectivity index (χ4n) is 2.47. The van der Waals surface area contributed by atoms with Crippen LogP contribution in [0.1, 0.15) is 18.1 Å². The summed E-state index contributed by atoms with van der Waals surface area (Å²) in [7, 11) is 3.42. The van der Waals surface area contributed by atoms with E-state index in [2.05, 4.69) is 25.1 Å². The minimum absolute atomic E-state index is 0.370. The van der Waals surface area contributed by atoms with Gasteiger partial charge in [-0.2, -0.15) is 0 Å². The zero-order chi connectivity index (χ0) is 10.2. The van der Waals surface area contributed by atoms with Gasteiger partial charge in [0, 0.05) is 25.7 Å². The molecule has 0 N–H and O–H groups in total. The van der Waals surface area contributed by atoms with Crippen molar-refractivity contribution in [2.24, 2.45) is 5.92 Å². The van der Waals surface area contributed by atoms with E-state index in [4.69, 9.17) is 9.47 Å². The topological polar surface area (TPSA) is 18.5 Å². The van der Waals surface area contributed by atoms with Gasteiger partial charge < -0.3 is 9.47 Å². The van der Waals surface area contributed by atoms with Crippen LogP contribution in [0.5, 0.6) is 0 Å². The molecule has 0 heterocycles. The molecule has 0 fully saturated rings. The molecule has 0 aromatic heterocycles. The van der Waals surface area contributed by atoms with E-state index < -0.39 is 5.79 Å². The highest BCUT2D eigenvalue weighted by Gasteiger charge is 2.45. The standard InChI is InChI=1S/C12H16O2/c1-9-8-10-6-4-5-7-11(10)12(9,13-2)14-3/h4-7,9H,8H2,1-3H3. The number of methoxy groups -OCH3 is 2. The molecule has 0 saturated carbocycles. The van der Waals surface area contributed by atoms with E-state index in [1.165, 1.54) is 11.1 Å². The minimum atomic E-state index is -0.531. The molecule has 0 saturated heterocycles. The monoisotopic (exact) mass is 192 g/mol. The molecule has 1 unspecified atom stereocenters. The lowest BCUT2D eigenvalue weighted by Gasteiger charge is -2.31. The van der Waals surface area contributed by atoms with Gasteiger partial charge in [0.15, 0.2) is 5.79 Å². The van der Waals surface area contributed by atoms with Gasteiger partial charge in [0.25, 0.3) is 0 Å². The summed E-state index contributed by atoms with van der Waals surface area (Å²) >= 11 is 0. The van der Waals surface area contributed by atoms with Gasteiger partial charge in [-0.25, -0.2) is 0 Å². The largest absolute Gasteiger partial charge is 0.349 e. The SMILES string of the molecule is COC1(OC)c2ccccc2CC1C. The summed E-state index contributed by atoms with van der Waals surface area (Å²) in [5.41, 5.74) is 2.52. The third-order valence-corrected chi connectivity index (χ3v) is 3.17. The van der Waals surface area contributed by atoms with Crippen molar-refractivity contribution < 1.29 is 9.47 Å². The Morgan fingerprint density at radius 3 is 2.50 bits per heavy atom. The fraction of sp³-hybridized carbons (Fsp3) is 0.500. The average Bonchev–Trinajstić information content (AvgIpc) is 2.50. The number of hydrogen-bond donors (Lipinski definition) is 0. The molecule has 2 rings (SSSR count). The number of ether oxygens (including phenoxy) is 2. The van der Waals surface area contributed by atoms with Crippen molar-refractivity contribution in [3.05, 3.63) is 35.4 Å². The van der Waals surface area contributed by atoms with Crippen molar-refractivity contribution in [2.45, 2.75) is 19.1 Å². The number of benzene rings is 1. The van der Waals surface area contributed by atoms with Crippen LogP contribution in [0.15, 0.2) is 24.3 Å². The second-order valence-corrected chi connectivity index (χ2v) is 3.84. The molecule has 0 radical (unpaired) electrons. The first kappa shape index (κ1) is 9.69. The molecule has 1 aliphatic carbocycles. The van der Waals surface area contributed by atoms with Crippen LogP contribution in [-0.2, 0) is 21.7 Å². The van der Waals surface area contributed by atoms with Crippen molar-refractivity contribution in [2.75, 3.05) is 14.2 Å². The first-order chi connectivity index (χ1) is 6.74. The summed E-state index contributed by atoms with van der Waals surface area (Å²) in [4.78, 5) is 0. The van der Waals surface area contributed by atoms with Crippen molar-refractivity contribution in [3.63, 3.8) is 0 Å². The summed E-state index contributed by atoms with van der Waals surface area (Å²) in [5.74, 6) is -0.161. The first-order valence-electron chi connectivity index (χ1n) is 4.93. The van der Waals surface area contributed by atoms with Crippen LogP contribution >= 0.6 is 0 Å². The Balaban J connectivity index is 2.53. The highest BCUT2D eigenvalue weighted by atomic mass is 16.7. The summed E-state index contributed by atoms with van der Waals surface area (Å²) in [6.07, 6.45) is 1.03. The van der Waals surface area contributed by atoms with Crippen LogP contribution in [0.4, 0.5) is 0 Å². The van der Waals surface area contributed by atoms with Gasteiger partial charge in [0.2, 0.25) is 0 Å². The minimum Gasteiger partial charge on any atom is -0.349 e. The van der Waals surface area contributed by atoms with Crippen molar-refractivity contribution in [1.29, 1.82) is 0 Å². The lowest BCUT2D eigenvalue weighted by Crippen LogP contribution is -2.34. The highest BCUT2D eigenvalue weighted by Crippen LogP contribution is 2.44. The smallest absolute Gasteiger partial charge is 0.197 e. The van der Waals surface area contributed by atoms with Crippen LogP contribution < -0.4 is 0 Å². The molecule has 76 valence electrons. The molecule has 0 aliphatic heterocycles. The number of fused-ring (bicyclic) bond motifs is 1. The van der Waals surface area contributed by atoms with E-state index in [-0.39, 0.29) is 0 Å². The van der Waals surface area contributed by atoms with Crippen LogP contribution in [0.3, 0.4) is 0 Å². The van der Waals surface area contributed by atoms with E-state index >= 15 is 0 Å². The maximum absolute atomic E-state index is 5.56. The zero-order valence-corrected chi connectivity index (χ0v) is 8.91. The fourth-order valence-corrected chi connectivity index (χ4v) is 2.47. The van der Waals surface area contributed by atoms with Crippen molar-refractivity contribution in [3.8, 4) is 0 Å². The predicted molar refractivity (Wildman–Crippen MR) is 55.0 cm³/mol. The van der Waals surface area contributed by atoms with Crippen molar-refractivity contribution in [1.82, 2.24) is 0 Å². The molecule has 14 heavy (non-hydrogen) atoms. The molecular formula is C12H16O2. The summed E-state index contributed by atoms with van der Waals surface area (Å²) < 4.78 is 11.1. The molecule has 0 bridgehead atoms. The molecule has 1 aromatic carbocycles. The van der Waals surface area contributed by atoms with Gasteiger partial charge in [0.05, 0.1) is 0 Å². The highest BCUT2D eigenvalue weighted by molar-refractivity contribution is 5.36. The molecule has 0 spiro atoms. The lowest BCUT2D eigenvalue weighted by molar-refractivity contribution is -0.239. The van der Waals surface area contributed by atoms with Gasteiger partial charge in [-0.05, 0) is 12.0 Å². The van der Waals surface area contributed by atoms with Crippen LogP contribution in [-0.4, -0.2) is 14.2 Å². The Morgan fingerprint density at radius 1 is 1.21 bits per heavy atom. The molecule has 2 nitrogen and oxygen atoms in total. The van der Waals surface area contributed by atoms with Gasteiger partial charge in [0.1, 0.15) is 0 Å². The molecule has 1 aliphatic rings. The molecule has 1 atom stereocenters. The second kappa shape index (κ2) is 3.37. The summed E-state index contributed by atoms with van der Waals surface area (Å²) in [5, 5.41) is 0. The Kier molecular flexibility index (Phi) is 2.33. The van der Waals surface area contributed by atoms with Gasteiger partial charge in [-0.3, -0.25) is 0 Å². The van der Waals surface area contributed by atoms with E-state index in [1.807, 2.05) is 6.07 Å². The number of rotatable bonds is 2. The average molecular weight is 192 g/mol.